The molecule has 0 amide bonds. The highest BCUT2D eigenvalue weighted by Gasteiger charge is 2.30. The van der Waals surface area contributed by atoms with Gasteiger partial charge in [0.15, 0.2) is 4.51 Å². The van der Waals surface area contributed by atoms with Crippen LogP contribution in [0, 0.1) is 0 Å². The molecule has 0 aliphatic carbocycles. The van der Waals surface area contributed by atoms with E-state index in [0.717, 1.165) is 23.1 Å². The second-order valence-electron chi connectivity index (χ2n) is 8.29. The monoisotopic (exact) mass is 536 g/mol. The van der Waals surface area contributed by atoms with E-state index in [9.17, 15) is 0 Å². The summed E-state index contributed by atoms with van der Waals surface area (Å²) in [5.74, 6) is 0.887. The lowest BCUT2D eigenvalue weighted by molar-refractivity contribution is 0.159. The van der Waals surface area contributed by atoms with Gasteiger partial charge < -0.3 is 4.74 Å². The summed E-state index contributed by atoms with van der Waals surface area (Å²) < 4.78 is 7.03. The van der Waals surface area contributed by atoms with Crippen molar-refractivity contribution in [2.24, 2.45) is 0 Å². The van der Waals surface area contributed by atoms with Crippen LogP contribution in [0.1, 0.15) is 96.0 Å². The maximum atomic E-state index is 6.44. The van der Waals surface area contributed by atoms with Crippen molar-refractivity contribution in [3.05, 3.63) is 64.6 Å². The Labute approximate surface area is 201 Å². The summed E-state index contributed by atoms with van der Waals surface area (Å²) >= 11 is 7.44. The van der Waals surface area contributed by atoms with Crippen molar-refractivity contribution in [2.45, 2.75) is 94.9 Å². The van der Waals surface area contributed by atoms with Gasteiger partial charge in [0.05, 0.1) is 0 Å². The minimum atomic E-state index is -0.472. The van der Waals surface area contributed by atoms with Crippen LogP contribution in [0.2, 0.25) is 0 Å². The average Bonchev–Trinajstić information content (AvgIpc) is 2.77. The number of ether oxygens (including phenoxy) is 1. The number of halogens is 2. The minimum absolute atomic E-state index is 0.472. The fourth-order valence-corrected chi connectivity index (χ4v) is 4.82. The Hall–Kier alpha value is -0.800. The SMILES string of the molecule is CCCCCCCCCCCCCCC(Br)(Oc1ccc(Br)cc1)c1ccccc1. The molecule has 2 aromatic carbocycles. The number of alkyl halides is 1. The topological polar surface area (TPSA) is 9.23 Å². The number of rotatable bonds is 16. The van der Waals surface area contributed by atoms with Gasteiger partial charge in [-0.25, -0.2) is 0 Å². The molecular formula is C27H38Br2O. The van der Waals surface area contributed by atoms with Crippen LogP contribution >= 0.6 is 31.9 Å². The standard InChI is InChI=1S/C27H38Br2O/c1-2-3-4-5-6-7-8-9-10-11-12-16-23-27(29,24-17-14-13-15-18-24)30-26-21-19-25(28)20-22-26/h13-15,17-22H,2-12,16,23H2,1H3. The molecule has 0 heterocycles. The highest BCUT2D eigenvalue weighted by Crippen LogP contribution is 2.39. The smallest absolute Gasteiger partial charge is 0.188 e. The second kappa shape index (κ2) is 15.1. The third-order valence-electron chi connectivity index (χ3n) is 5.65. The Morgan fingerprint density at radius 2 is 1.17 bits per heavy atom. The van der Waals surface area contributed by atoms with Crippen LogP contribution in [0.4, 0.5) is 0 Å². The van der Waals surface area contributed by atoms with Gasteiger partial charge in [-0.3, -0.25) is 0 Å². The molecule has 0 N–H and O–H groups in total. The Balaban J connectivity index is 1.70. The van der Waals surface area contributed by atoms with Gasteiger partial charge in [-0.15, -0.1) is 0 Å². The van der Waals surface area contributed by atoms with Crippen LogP contribution in [0.25, 0.3) is 0 Å². The molecule has 0 bridgehead atoms. The predicted molar refractivity (Wildman–Crippen MR) is 138 cm³/mol. The van der Waals surface area contributed by atoms with Gasteiger partial charge in [0.2, 0.25) is 0 Å². The van der Waals surface area contributed by atoms with Crippen molar-refractivity contribution in [2.75, 3.05) is 0 Å². The molecule has 0 aromatic heterocycles. The first kappa shape index (κ1) is 25.5. The molecule has 3 heteroatoms. The fraction of sp³-hybridized carbons (Fsp3) is 0.556. The number of benzene rings is 2. The zero-order valence-electron chi connectivity index (χ0n) is 18.6. The number of hydrogen-bond acceptors (Lipinski definition) is 1. The molecule has 0 spiro atoms. The molecule has 166 valence electrons. The molecule has 0 saturated carbocycles. The van der Waals surface area contributed by atoms with Gasteiger partial charge in [-0.1, -0.05) is 124 Å². The van der Waals surface area contributed by atoms with Gasteiger partial charge in [-0.2, -0.15) is 0 Å². The molecule has 1 nitrogen and oxygen atoms in total. The van der Waals surface area contributed by atoms with Crippen LogP contribution in [0.15, 0.2) is 59.1 Å². The fourth-order valence-electron chi connectivity index (χ4n) is 3.82. The Morgan fingerprint density at radius 1 is 0.667 bits per heavy atom. The zero-order valence-corrected chi connectivity index (χ0v) is 21.7. The van der Waals surface area contributed by atoms with Crippen molar-refractivity contribution in [3.8, 4) is 5.75 Å². The molecule has 2 rings (SSSR count). The maximum absolute atomic E-state index is 6.44. The molecule has 0 aliphatic rings. The largest absolute Gasteiger partial charge is 0.472 e. The molecule has 1 atom stereocenters. The Morgan fingerprint density at radius 3 is 1.70 bits per heavy atom. The van der Waals surface area contributed by atoms with E-state index in [-0.39, 0.29) is 0 Å². The van der Waals surface area contributed by atoms with Gasteiger partial charge in [0.25, 0.3) is 0 Å². The van der Waals surface area contributed by atoms with Crippen LogP contribution < -0.4 is 4.74 Å². The van der Waals surface area contributed by atoms with E-state index in [0.29, 0.717) is 0 Å². The molecule has 1 unspecified atom stereocenters. The van der Waals surface area contributed by atoms with Crippen LogP contribution in [0.3, 0.4) is 0 Å². The molecule has 30 heavy (non-hydrogen) atoms. The highest BCUT2D eigenvalue weighted by molar-refractivity contribution is 9.10. The van der Waals surface area contributed by atoms with Crippen molar-refractivity contribution < 1.29 is 4.74 Å². The Kier molecular flexibility index (Phi) is 12.8. The van der Waals surface area contributed by atoms with E-state index >= 15 is 0 Å². The molecule has 2 aromatic rings. The summed E-state index contributed by atoms with van der Waals surface area (Å²) in [5, 5.41) is 0. The van der Waals surface area contributed by atoms with Gasteiger partial charge in [-0.05, 0) is 46.6 Å². The summed E-state index contributed by atoms with van der Waals surface area (Å²) in [4.78, 5) is 0. The van der Waals surface area contributed by atoms with Gasteiger partial charge >= 0.3 is 0 Å². The lowest BCUT2D eigenvalue weighted by Crippen LogP contribution is -2.26. The molecule has 0 aliphatic heterocycles. The summed E-state index contributed by atoms with van der Waals surface area (Å²) in [7, 11) is 0. The first-order valence-electron chi connectivity index (χ1n) is 11.8. The zero-order chi connectivity index (χ0) is 21.5. The van der Waals surface area contributed by atoms with Crippen molar-refractivity contribution in [1.82, 2.24) is 0 Å². The third-order valence-corrected chi connectivity index (χ3v) is 7.19. The average molecular weight is 538 g/mol. The summed E-state index contributed by atoms with van der Waals surface area (Å²) in [5.41, 5.74) is 1.18. The van der Waals surface area contributed by atoms with E-state index in [1.165, 1.54) is 76.2 Å². The molecule has 0 fully saturated rings. The molecular weight excluding hydrogens is 500 g/mol. The highest BCUT2D eigenvalue weighted by atomic mass is 79.9. The van der Waals surface area contributed by atoms with E-state index in [2.05, 4.69) is 69.1 Å². The summed E-state index contributed by atoms with van der Waals surface area (Å²) in [6.45, 7) is 2.28. The van der Waals surface area contributed by atoms with E-state index in [4.69, 9.17) is 4.74 Å². The predicted octanol–water partition coefficient (Wildman–Crippen LogP) is 10.2. The van der Waals surface area contributed by atoms with Crippen LogP contribution in [-0.4, -0.2) is 0 Å². The minimum Gasteiger partial charge on any atom is -0.472 e. The lowest BCUT2D eigenvalue weighted by atomic mass is 10.0. The second-order valence-corrected chi connectivity index (χ2v) is 10.5. The summed E-state index contributed by atoms with van der Waals surface area (Å²) in [6.07, 6.45) is 17.3. The molecule has 0 saturated heterocycles. The first-order chi connectivity index (χ1) is 14.6. The number of unbranched alkanes of at least 4 members (excludes halogenated alkanes) is 11. The first-order valence-corrected chi connectivity index (χ1v) is 13.4. The molecule has 0 radical (unpaired) electrons. The van der Waals surface area contributed by atoms with E-state index < -0.39 is 4.51 Å². The quantitative estimate of drug-likeness (QED) is 0.153. The van der Waals surface area contributed by atoms with E-state index in [1.807, 2.05) is 24.3 Å². The van der Waals surface area contributed by atoms with E-state index in [1.54, 1.807) is 0 Å². The Bertz CT molecular complexity index is 671. The lowest BCUT2D eigenvalue weighted by Gasteiger charge is -2.29. The maximum Gasteiger partial charge on any atom is 0.188 e. The van der Waals surface area contributed by atoms with Crippen molar-refractivity contribution >= 4 is 31.9 Å². The normalized spacial score (nSPS) is 13.2. The van der Waals surface area contributed by atoms with Crippen molar-refractivity contribution in [1.29, 1.82) is 0 Å². The number of hydrogen-bond donors (Lipinski definition) is 0. The van der Waals surface area contributed by atoms with Gasteiger partial charge in [0, 0.05) is 16.5 Å². The third kappa shape index (κ3) is 10.0. The van der Waals surface area contributed by atoms with Crippen molar-refractivity contribution in [3.63, 3.8) is 0 Å². The van der Waals surface area contributed by atoms with Gasteiger partial charge in [0.1, 0.15) is 5.75 Å². The van der Waals surface area contributed by atoms with Crippen LogP contribution in [-0.2, 0) is 4.51 Å². The van der Waals surface area contributed by atoms with Crippen LogP contribution in [0.5, 0.6) is 5.75 Å². The summed E-state index contributed by atoms with van der Waals surface area (Å²) in [6, 6.07) is 18.6.